The average Bonchev–Trinajstić information content (AvgIpc) is 3.50. The maximum atomic E-state index is 4.75. The molecule has 1 heterocycles. The fourth-order valence-corrected chi connectivity index (χ4v) is 5.85. The summed E-state index contributed by atoms with van der Waals surface area (Å²) in [5, 5.41) is 14.6. The zero-order chi connectivity index (χ0) is 26.5. The van der Waals surface area contributed by atoms with E-state index in [9.17, 15) is 0 Å². The Morgan fingerprint density at radius 1 is 0.590 bits per heavy atom. The lowest BCUT2D eigenvalue weighted by atomic mass is 9.77. The molecule has 0 aliphatic heterocycles. The first kappa shape index (κ1) is 25.0. The second-order valence-electron chi connectivity index (χ2n) is 9.41. The van der Waals surface area contributed by atoms with E-state index in [2.05, 4.69) is 136 Å². The summed E-state index contributed by atoms with van der Waals surface area (Å²) in [5.74, 6) is 0.710. The number of tetrazole rings is 1. The molecule has 6 rings (SSSR count). The summed E-state index contributed by atoms with van der Waals surface area (Å²) in [6, 6.07) is 48.6. The first-order valence-corrected chi connectivity index (χ1v) is 14.1. The van der Waals surface area contributed by atoms with Crippen LogP contribution >= 0.6 is 15.9 Å². The summed E-state index contributed by atoms with van der Waals surface area (Å²) in [6.07, 6.45) is 0.908. The van der Waals surface area contributed by atoms with Gasteiger partial charge in [0.05, 0.1) is 0 Å². The van der Waals surface area contributed by atoms with Gasteiger partial charge in [-0.25, -0.2) is 4.68 Å². The van der Waals surface area contributed by atoms with Gasteiger partial charge in [-0.3, -0.25) is 0 Å². The van der Waals surface area contributed by atoms with E-state index in [1.54, 1.807) is 0 Å². The zero-order valence-corrected chi connectivity index (χ0v) is 22.9. The number of rotatable bonds is 8. The standard InChI is InChI=1S/C34H27BrN4/c35-24-23-26-21-22-31(27-13-5-1-6-14-27)32(25-26)33-36-37-38-39(33)34(28-15-7-2-8-16-28,29-17-9-3-10-18-29)30-19-11-4-12-20-30/h1-22,25H,23-24H2. The van der Waals surface area contributed by atoms with Crippen molar-refractivity contribution in [2.45, 2.75) is 12.0 Å². The van der Waals surface area contributed by atoms with Crippen LogP contribution in [0.2, 0.25) is 0 Å². The van der Waals surface area contributed by atoms with Gasteiger partial charge in [0, 0.05) is 10.9 Å². The second kappa shape index (κ2) is 11.2. The molecule has 190 valence electrons. The van der Waals surface area contributed by atoms with Gasteiger partial charge in [-0.1, -0.05) is 149 Å². The van der Waals surface area contributed by atoms with E-state index in [0.717, 1.165) is 45.1 Å². The molecule has 0 unspecified atom stereocenters. The van der Waals surface area contributed by atoms with Gasteiger partial charge in [-0.05, 0) is 56.3 Å². The molecule has 0 saturated heterocycles. The van der Waals surface area contributed by atoms with E-state index in [-0.39, 0.29) is 0 Å². The number of halogens is 1. The SMILES string of the molecule is BrCCc1ccc(-c2ccccc2)c(-c2nnnn2C(c2ccccc2)(c2ccccc2)c2ccccc2)c1. The molecule has 0 saturated carbocycles. The van der Waals surface area contributed by atoms with Gasteiger partial charge in [-0.15, -0.1) is 5.10 Å². The number of benzene rings is 5. The molecule has 0 aliphatic carbocycles. The van der Waals surface area contributed by atoms with E-state index in [1.165, 1.54) is 5.56 Å². The molecule has 0 amide bonds. The lowest BCUT2D eigenvalue weighted by Crippen LogP contribution is -2.39. The lowest BCUT2D eigenvalue weighted by Gasteiger charge is -2.36. The van der Waals surface area contributed by atoms with Crippen molar-refractivity contribution in [1.29, 1.82) is 0 Å². The van der Waals surface area contributed by atoms with Crippen LogP contribution in [0.3, 0.4) is 0 Å². The largest absolute Gasteiger partial charge is 0.205 e. The average molecular weight is 572 g/mol. The molecule has 39 heavy (non-hydrogen) atoms. The van der Waals surface area contributed by atoms with Crippen molar-refractivity contribution in [2.24, 2.45) is 0 Å². The van der Waals surface area contributed by atoms with Crippen LogP contribution in [0.5, 0.6) is 0 Å². The van der Waals surface area contributed by atoms with Crippen molar-refractivity contribution in [1.82, 2.24) is 20.2 Å². The number of hydrogen-bond acceptors (Lipinski definition) is 3. The third kappa shape index (κ3) is 4.59. The van der Waals surface area contributed by atoms with Crippen LogP contribution in [-0.4, -0.2) is 25.5 Å². The van der Waals surface area contributed by atoms with Gasteiger partial charge in [0.2, 0.25) is 0 Å². The summed E-state index contributed by atoms with van der Waals surface area (Å²) in [5.41, 5.74) is 6.86. The smallest absolute Gasteiger partial charge is 0.184 e. The van der Waals surface area contributed by atoms with E-state index in [1.807, 2.05) is 28.9 Å². The Kier molecular flexibility index (Phi) is 7.15. The van der Waals surface area contributed by atoms with Gasteiger partial charge >= 0.3 is 0 Å². The highest BCUT2D eigenvalue weighted by Gasteiger charge is 2.42. The van der Waals surface area contributed by atoms with E-state index >= 15 is 0 Å². The Balaban J connectivity index is 1.70. The van der Waals surface area contributed by atoms with Crippen molar-refractivity contribution in [3.05, 3.63) is 162 Å². The Hall–Kier alpha value is -4.35. The Morgan fingerprint density at radius 3 is 1.62 bits per heavy atom. The van der Waals surface area contributed by atoms with Crippen LogP contribution in [-0.2, 0) is 12.0 Å². The van der Waals surface area contributed by atoms with E-state index < -0.39 is 5.54 Å². The summed E-state index contributed by atoms with van der Waals surface area (Å²) in [7, 11) is 0. The maximum Gasteiger partial charge on any atom is 0.184 e. The molecular weight excluding hydrogens is 544 g/mol. The highest BCUT2D eigenvalue weighted by molar-refractivity contribution is 9.09. The van der Waals surface area contributed by atoms with Crippen LogP contribution in [0.15, 0.2) is 140 Å². The topological polar surface area (TPSA) is 43.6 Å². The van der Waals surface area contributed by atoms with Gasteiger partial charge in [0.25, 0.3) is 0 Å². The van der Waals surface area contributed by atoms with E-state index in [4.69, 9.17) is 10.3 Å². The normalized spacial score (nSPS) is 11.4. The molecule has 0 atom stereocenters. The predicted octanol–water partition coefficient (Wildman–Crippen LogP) is 7.78. The fraction of sp³-hybridized carbons (Fsp3) is 0.0882. The quantitative estimate of drug-likeness (QED) is 0.138. The van der Waals surface area contributed by atoms with Crippen LogP contribution in [0.4, 0.5) is 0 Å². The van der Waals surface area contributed by atoms with Crippen molar-refractivity contribution < 1.29 is 0 Å². The monoisotopic (exact) mass is 570 g/mol. The number of aromatic nitrogens is 4. The number of nitrogens with zero attached hydrogens (tertiary/aromatic N) is 4. The van der Waals surface area contributed by atoms with E-state index in [0.29, 0.717) is 5.82 Å². The van der Waals surface area contributed by atoms with Crippen LogP contribution < -0.4 is 0 Å². The maximum absolute atomic E-state index is 4.75. The van der Waals surface area contributed by atoms with Gasteiger partial charge in [0.15, 0.2) is 5.82 Å². The molecule has 0 spiro atoms. The summed E-state index contributed by atoms with van der Waals surface area (Å²) >= 11 is 3.62. The molecule has 0 fully saturated rings. The first-order valence-electron chi connectivity index (χ1n) is 13.0. The highest BCUT2D eigenvalue weighted by atomic mass is 79.9. The molecule has 0 aliphatic rings. The minimum atomic E-state index is -0.804. The number of aryl methyl sites for hydroxylation is 1. The molecule has 1 aromatic heterocycles. The fourth-order valence-electron chi connectivity index (χ4n) is 5.40. The molecule has 4 nitrogen and oxygen atoms in total. The van der Waals surface area contributed by atoms with Crippen molar-refractivity contribution in [2.75, 3.05) is 5.33 Å². The molecule has 5 heteroatoms. The molecular formula is C34H27BrN4. The second-order valence-corrected chi connectivity index (χ2v) is 10.2. The zero-order valence-electron chi connectivity index (χ0n) is 21.4. The summed E-state index contributed by atoms with van der Waals surface area (Å²) < 4.78 is 2.01. The Morgan fingerprint density at radius 2 is 1.10 bits per heavy atom. The van der Waals surface area contributed by atoms with Gasteiger partial charge in [-0.2, -0.15) is 0 Å². The molecule has 6 aromatic rings. The predicted molar refractivity (Wildman–Crippen MR) is 161 cm³/mol. The highest BCUT2D eigenvalue weighted by Crippen LogP contribution is 2.43. The van der Waals surface area contributed by atoms with Crippen molar-refractivity contribution in [3.8, 4) is 22.5 Å². The molecule has 0 N–H and O–H groups in total. The lowest BCUT2D eigenvalue weighted by molar-refractivity contribution is 0.451. The number of hydrogen-bond donors (Lipinski definition) is 0. The Bertz CT molecular complexity index is 1550. The Labute approximate surface area is 237 Å². The van der Waals surface area contributed by atoms with Crippen molar-refractivity contribution >= 4 is 15.9 Å². The molecule has 0 bridgehead atoms. The summed E-state index contributed by atoms with van der Waals surface area (Å²) in [6.45, 7) is 0. The van der Waals surface area contributed by atoms with Gasteiger partial charge < -0.3 is 0 Å². The van der Waals surface area contributed by atoms with Crippen molar-refractivity contribution in [3.63, 3.8) is 0 Å². The van der Waals surface area contributed by atoms with Gasteiger partial charge in [0.1, 0.15) is 5.54 Å². The molecule has 5 aromatic carbocycles. The minimum absolute atomic E-state index is 0.710. The third-order valence-corrected chi connectivity index (χ3v) is 7.55. The first-order chi connectivity index (χ1) is 19.3. The molecule has 0 radical (unpaired) electrons. The van der Waals surface area contributed by atoms with Crippen LogP contribution in [0.1, 0.15) is 22.3 Å². The van der Waals surface area contributed by atoms with Crippen LogP contribution in [0.25, 0.3) is 22.5 Å². The third-order valence-electron chi connectivity index (χ3n) is 7.15. The van der Waals surface area contributed by atoms with Crippen LogP contribution in [0, 0.1) is 0 Å². The number of alkyl halides is 1. The minimum Gasteiger partial charge on any atom is -0.205 e. The summed E-state index contributed by atoms with van der Waals surface area (Å²) in [4.78, 5) is 0.